The highest BCUT2D eigenvalue weighted by Crippen LogP contribution is 2.35. The molecule has 2 nitrogen and oxygen atoms in total. The minimum absolute atomic E-state index is 0.291. The van der Waals surface area contributed by atoms with Gasteiger partial charge >= 0.3 is 5.97 Å². The second-order valence-corrected chi connectivity index (χ2v) is 5.46. The largest absolute Gasteiger partial charge is 0.463 e. The van der Waals surface area contributed by atoms with Gasteiger partial charge in [0.15, 0.2) is 0 Å². The Kier molecular flexibility index (Phi) is 5.44. The Morgan fingerprint density at radius 2 is 2.15 bits per heavy atom. The van der Waals surface area contributed by atoms with Gasteiger partial charge in [0.2, 0.25) is 0 Å². The molecule has 0 spiro atoms. The molecular formula is C16H16BrClO2. The van der Waals surface area contributed by atoms with Crippen LogP contribution in [0.4, 0.5) is 0 Å². The van der Waals surface area contributed by atoms with Crippen LogP contribution in [0, 0.1) is 0 Å². The van der Waals surface area contributed by atoms with Crippen molar-refractivity contribution in [2.45, 2.75) is 19.8 Å². The summed E-state index contributed by atoms with van der Waals surface area (Å²) >= 11 is 9.79. The van der Waals surface area contributed by atoms with Gasteiger partial charge in [0.1, 0.15) is 0 Å². The number of hydrogen-bond acceptors (Lipinski definition) is 2. The molecule has 106 valence electrons. The molecule has 2 rings (SSSR count). The number of benzene rings is 1. The first-order valence-electron chi connectivity index (χ1n) is 6.58. The number of aryl methyl sites for hydroxylation is 1. The Balaban J connectivity index is 2.35. The molecule has 0 fully saturated rings. The maximum atomic E-state index is 11.8. The van der Waals surface area contributed by atoms with E-state index in [0.717, 1.165) is 29.0 Å². The van der Waals surface area contributed by atoms with Crippen LogP contribution in [0.5, 0.6) is 0 Å². The normalized spacial score (nSPS) is 15.1. The molecule has 0 aliphatic heterocycles. The molecule has 0 saturated heterocycles. The van der Waals surface area contributed by atoms with Gasteiger partial charge in [0, 0.05) is 10.9 Å². The van der Waals surface area contributed by atoms with Gasteiger partial charge < -0.3 is 4.74 Å². The van der Waals surface area contributed by atoms with Gasteiger partial charge in [-0.25, -0.2) is 4.79 Å². The fourth-order valence-electron chi connectivity index (χ4n) is 2.23. The summed E-state index contributed by atoms with van der Waals surface area (Å²) in [6.45, 7) is 2.17. The smallest absolute Gasteiger partial charge is 0.334 e. The SMILES string of the molecule is CCOC(=O)/C(=C/C1=C(Cl)c2ccccc2CC1)CBr. The fraction of sp³-hybridized carbons (Fsp3) is 0.312. The lowest BCUT2D eigenvalue weighted by Gasteiger charge is -2.18. The molecule has 0 saturated carbocycles. The Labute approximate surface area is 132 Å². The van der Waals surface area contributed by atoms with E-state index in [-0.39, 0.29) is 5.97 Å². The second kappa shape index (κ2) is 7.09. The van der Waals surface area contributed by atoms with Crippen molar-refractivity contribution in [2.24, 2.45) is 0 Å². The van der Waals surface area contributed by atoms with Crippen molar-refractivity contribution in [3.05, 3.63) is 52.6 Å². The standard InChI is InChI=1S/C16H16BrClO2/c1-2-20-16(19)13(10-17)9-12-8-7-11-5-3-4-6-14(11)15(12)18/h3-6,9H,2,7-8,10H2,1H3/b13-9+. The van der Waals surface area contributed by atoms with Crippen LogP contribution < -0.4 is 0 Å². The Morgan fingerprint density at radius 3 is 2.85 bits per heavy atom. The number of halogens is 2. The average Bonchev–Trinajstić information content (AvgIpc) is 2.47. The summed E-state index contributed by atoms with van der Waals surface area (Å²) in [6, 6.07) is 8.11. The van der Waals surface area contributed by atoms with Crippen molar-refractivity contribution in [3.8, 4) is 0 Å². The highest BCUT2D eigenvalue weighted by molar-refractivity contribution is 9.09. The van der Waals surface area contributed by atoms with E-state index in [1.807, 2.05) is 24.3 Å². The lowest BCUT2D eigenvalue weighted by Crippen LogP contribution is -2.10. The molecule has 4 heteroatoms. The molecule has 0 N–H and O–H groups in total. The third kappa shape index (κ3) is 3.33. The van der Waals surface area contributed by atoms with Crippen molar-refractivity contribution in [1.29, 1.82) is 0 Å². The van der Waals surface area contributed by atoms with Crippen molar-refractivity contribution in [1.82, 2.24) is 0 Å². The molecule has 20 heavy (non-hydrogen) atoms. The van der Waals surface area contributed by atoms with Gasteiger partial charge in [0.25, 0.3) is 0 Å². The van der Waals surface area contributed by atoms with Gasteiger partial charge in [-0.3, -0.25) is 0 Å². The molecule has 0 atom stereocenters. The van der Waals surface area contributed by atoms with Crippen LogP contribution in [0.25, 0.3) is 5.03 Å². The Morgan fingerprint density at radius 1 is 1.40 bits per heavy atom. The highest BCUT2D eigenvalue weighted by Gasteiger charge is 2.18. The van der Waals surface area contributed by atoms with Gasteiger partial charge in [-0.1, -0.05) is 51.8 Å². The van der Waals surface area contributed by atoms with Gasteiger partial charge in [-0.15, -0.1) is 0 Å². The van der Waals surface area contributed by atoms with E-state index in [0.29, 0.717) is 17.5 Å². The average molecular weight is 356 g/mol. The summed E-state index contributed by atoms with van der Waals surface area (Å²) < 4.78 is 5.04. The summed E-state index contributed by atoms with van der Waals surface area (Å²) in [5, 5.41) is 1.19. The van der Waals surface area contributed by atoms with Crippen LogP contribution in [0.2, 0.25) is 0 Å². The number of fused-ring (bicyclic) bond motifs is 1. The van der Waals surface area contributed by atoms with E-state index in [1.54, 1.807) is 6.92 Å². The molecular weight excluding hydrogens is 340 g/mol. The zero-order valence-corrected chi connectivity index (χ0v) is 13.6. The number of esters is 1. The van der Waals surface area contributed by atoms with E-state index in [4.69, 9.17) is 16.3 Å². The van der Waals surface area contributed by atoms with Crippen molar-refractivity contribution in [3.63, 3.8) is 0 Å². The van der Waals surface area contributed by atoms with Crippen LogP contribution in [-0.4, -0.2) is 17.9 Å². The van der Waals surface area contributed by atoms with Gasteiger partial charge in [0.05, 0.1) is 11.6 Å². The topological polar surface area (TPSA) is 26.3 Å². The first kappa shape index (κ1) is 15.3. The minimum atomic E-state index is -0.291. The zero-order chi connectivity index (χ0) is 14.5. The molecule has 1 aliphatic rings. The molecule has 0 aromatic heterocycles. The van der Waals surface area contributed by atoms with E-state index >= 15 is 0 Å². The third-order valence-electron chi connectivity index (χ3n) is 3.23. The number of alkyl halides is 1. The minimum Gasteiger partial charge on any atom is -0.463 e. The van der Waals surface area contributed by atoms with Crippen LogP contribution in [0.3, 0.4) is 0 Å². The van der Waals surface area contributed by atoms with Crippen molar-refractivity contribution < 1.29 is 9.53 Å². The fourth-order valence-corrected chi connectivity index (χ4v) is 2.95. The highest BCUT2D eigenvalue weighted by atomic mass is 79.9. The first-order valence-corrected chi connectivity index (χ1v) is 8.08. The van der Waals surface area contributed by atoms with Gasteiger partial charge in [-0.2, -0.15) is 0 Å². The third-order valence-corrected chi connectivity index (χ3v) is 4.28. The Hall–Kier alpha value is -1.06. The van der Waals surface area contributed by atoms with E-state index in [1.165, 1.54) is 5.56 Å². The quantitative estimate of drug-likeness (QED) is 0.452. The summed E-state index contributed by atoms with van der Waals surface area (Å²) in [6.07, 6.45) is 3.63. The number of ether oxygens (including phenoxy) is 1. The molecule has 0 amide bonds. The number of carbonyl (C=O) groups excluding carboxylic acids is 1. The number of hydrogen-bond donors (Lipinski definition) is 0. The number of carbonyl (C=O) groups is 1. The molecule has 0 heterocycles. The lowest BCUT2D eigenvalue weighted by atomic mass is 9.91. The number of rotatable bonds is 4. The lowest BCUT2D eigenvalue weighted by molar-refractivity contribution is -0.138. The Bertz CT molecular complexity index is 576. The van der Waals surface area contributed by atoms with Crippen molar-refractivity contribution in [2.75, 3.05) is 11.9 Å². The summed E-state index contributed by atoms with van der Waals surface area (Å²) in [4.78, 5) is 11.8. The maximum Gasteiger partial charge on any atom is 0.334 e. The number of allylic oxidation sites excluding steroid dienone is 2. The van der Waals surface area contributed by atoms with Crippen LogP contribution in [0.15, 0.2) is 41.5 Å². The molecule has 1 aromatic carbocycles. The van der Waals surface area contributed by atoms with Crippen LogP contribution in [0.1, 0.15) is 24.5 Å². The molecule has 0 unspecified atom stereocenters. The predicted octanol–water partition coefficient (Wildman–Crippen LogP) is 4.47. The monoisotopic (exact) mass is 354 g/mol. The molecule has 0 radical (unpaired) electrons. The predicted molar refractivity (Wildman–Crippen MR) is 86.0 cm³/mol. The first-order chi connectivity index (χ1) is 9.67. The maximum absolute atomic E-state index is 11.8. The summed E-state index contributed by atoms with van der Waals surface area (Å²) in [7, 11) is 0. The van der Waals surface area contributed by atoms with Crippen LogP contribution in [-0.2, 0) is 16.0 Å². The van der Waals surface area contributed by atoms with E-state index in [9.17, 15) is 4.79 Å². The molecule has 0 bridgehead atoms. The van der Waals surface area contributed by atoms with E-state index < -0.39 is 0 Å². The van der Waals surface area contributed by atoms with Crippen LogP contribution >= 0.6 is 27.5 Å². The van der Waals surface area contributed by atoms with E-state index in [2.05, 4.69) is 22.0 Å². The van der Waals surface area contributed by atoms with Crippen molar-refractivity contribution >= 4 is 38.5 Å². The molecule has 1 aliphatic carbocycles. The second-order valence-electron chi connectivity index (χ2n) is 4.52. The molecule has 1 aromatic rings. The van der Waals surface area contributed by atoms with Gasteiger partial charge in [-0.05, 0) is 42.5 Å². The summed E-state index contributed by atoms with van der Waals surface area (Å²) in [5.41, 5.74) is 3.91. The summed E-state index contributed by atoms with van der Waals surface area (Å²) in [5.74, 6) is -0.291. The zero-order valence-electron chi connectivity index (χ0n) is 11.3.